The third-order valence-corrected chi connectivity index (χ3v) is 9.45. The Morgan fingerprint density at radius 3 is 2.13 bits per heavy atom. The fourth-order valence-electron chi connectivity index (χ4n) is 5.76. The number of methoxy groups -OCH3 is 3. The third-order valence-electron chi connectivity index (χ3n) is 8.20. The van der Waals surface area contributed by atoms with Crippen LogP contribution in [0.3, 0.4) is 0 Å². The van der Waals surface area contributed by atoms with E-state index in [4.69, 9.17) is 19.3 Å². The summed E-state index contributed by atoms with van der Waals surface area (Å²) in [7, 11) is 4.81. The molecule has 3 heterocycles. The summed E-state index contributed by atoms with van der Waals surface area (Å²) < 4.78 is 18.3. The van der Waals surface area contributed by atoms with E-state index in [0.717, 1.165) is 22.5 Å². The zero-order valence-corrected chi connectivity index (χ0v) is 27.8. The molecular formula is C33H41N5O6S. The maximum absolute atomic E-state index is 14.1. The van der Waals surface area contributed by atoms with Gasteiger partial charge in [0.15, 0.2) is 11.5 Å². The lowest BCUT2D eigenvalue weighted by Crippen LogP contribution is -2.53. The molecule has 2 aliphatic rings. The number of benzene rings is 2. The van der Waals surface area contributed by atoms with E-state index in [9.17, 15) is 14.4 Å². The Morgan fingerprint density at radius 2 is 1.56 bits per heavy atom. The zero-order chi connectivity index (χ0) is 32.5. The van der Waals surface area contributed by atoms with E-state index in [2.05, 4.69) is 20.8 Å². The van der Waals surface area contributed by atoms with Crippen LogP contribution in [-0.2, 0) is 19.8 Å². The van der Waals surface area contributed by atoms with Gasteiger partial charge in [-0.3, -0.25) is 19.3 Å². The van der Waals surface area contributed by atoms with Crippen LogP contribution in [0.4, 0.5) is 5.82 Å². The van der Waals surface area contributed by atoms with Gasteiger partial charge in [-0.1, -0.05) is 26.8 Å². The molecule has 2 aromatic carbocycles. The first-order valence-corrected chi connectivity index (χ1v) is 16.0. The molecule has 0 spiro atoms. The molecule has 1 atom stereocenters. The van der Waals surface area contributed by atoms with Crippen LogP contribution < -0.4 is 19.1 Å². The van der Waals surface area contributed by atoms with Crippen molar-refractivity contribution in [1.82, 2.24) is 19.6 Å². The van der Waals surface area contributed by atoms with Gasteiger partial charge in [-0.2, -0.15) is 5.10 Å². The first kappa shape index (κ1) is 32.2. The minimum absolute atomic E-state index is 0.00855. The molecule has 1 fully saturated rings. The van der Waals surface area contributed by atoms with Gasteiger partial charge in [-0.15, -0.1) is 11.8 Å². The first-order chi connectivity index (χ1) is 21.5. The van der Waals surface area contributed by atoms with E-state index in [0.29, 0.717) is 49.2 Å². The van der Waals surface area contributed by atoms with Crippen molar-refractivity contribution >= 4 is 35.3 Å². The quantitative estimate of drug-likeness (QED) is 0.383. The van der Waals surface area contributed by atoms with Crippen LogP contribution in [-0.4, -0.2) is 97.1 Å². The number of ether oxygens (including phenoxy) is 3. The summed E-state index contributed by atoms with van der Waals surface area (Å²) in [5.41, 5.74) is 2.96. The zero-order valence-electron chi connectivity index (χ0n) is 27.0. The molecule has 3 aromatic rings. The molecule has 1 saturated heterocycles. The summed E-state index contributed by atoms with van der Waals surface area (Å²) in [5.74, 6) is 2.25. The number of hydrogen-bond acceptors (Lipinski definition) is 8. The molecule has 0 N–H and O–H groups in total. The van der Waals surface area contributed by atoms with E-state index in [1.165, 1.54) is 18.7 Å². The summed E-state index contributed by atoms with van der Waals surface area (Å²) in [6.45, 7) is 9.46. The fourth-order valence-corrected chi connectivity index (χ4v) is 6.95. The number of carbonyl (C=O) groups is 3. The van der Waals surface area contributed by atoms with Gasteiger partial charge < -0.3 is 24.0 Å². The van der Waals surface area contributed by atoms with Crippen LogP contribution in [0, 0.1) is 0 Å². The molecule has 0 radical (unpaired) electrons. The van der Waals surface area contributed by atoms with Gasteiger partial charge in [0, 0.05) is 44.1 Å². The van der Waals surface area contributed by atoms with Gasteiger partial charge in [0.2, 0.25) is 17.7 Å². The summed E-state index contributed by atoms with van der Waals surface area (Å²) >= 11 is 1.51. The molecule has 240 valence electrons. The van der Waals surface area contributed by atoms with Crippen molar-refractivity contribution < 1.29 is 28.6 Å². The van der Waals surface area contributed by atoms with Crippen molar-refractivity contribution in [1.29, 1.82) is 0 Å². The van der Waals surface area contributed by atoms with E-state index in [1.54, 1.807) is 40.7 Å². The second-order valence-electron chi connectivity index (χ2n) is 12.1. The maximum Gasteiger partial charge on any atom is 0.242 e. The second kappa shape index (κ2) is 13.0. The number of rotatable bonds is 7. The Morgan fingerprint density at radius 1 is 0.911 bits per heavy atom. The van der Waals surface area contributed by atoms with Gasteiger partial charge in [0.05, 0.1) is 43.7 Å². The van der Waals surface area contributed by atoms with Crippen LogP contribution in [0.25, 0.3) is 5.69 Å². The maximum atomic E-state index is 14.1. The van der Waals surface area contributed by atoms with Crippen LogP contribution >= 0.6 is 11.8 Å². The molecule has 0 aliphatic carbocycles. The summed E-state index contributed by atoms with van der Waals surface area (Å²) in [6.07, 6.45) is 0. The molecule has 11 nitrogen and oxygen atoms in total. The van der Waals surface area contributed by atoms with Gasteiger partial charge >= 0.3 is 0 Å². The standard InChI is InChI=1S/C33H41N5O6S/c1-21(39)35-14-16-36(17-15-35)27(40)19-37-28(41)20-45-30(22-8-13-25(43-6)26(18-22)44-7)29-31(33(2,3)4)34-38(32(29)37)23-9-11-24(42-5)12-10-23/h8-13,18,30H,14-17,19-20H2,1-7H3/t30-/m1/s1. The molecule has 0 unspecified atom stereocenters. The highest BCUT2D eigenvalue weighted by molar-refractivity contribution is 8.00. The monoisotopic (exact) mass is 635 g/mol. The van der Waals surface area contributed by atoms with Crippen LogP contribution in [0.5, 0.6) is 17.2 Å². The Labute approximate surface area is 268 Å². The third kappa shape index (κ3) is 6.47. The minimum atomic E-state index is -0.400. The second-order valence-corrected chi connectivity index (χ2v) is 13.2. The van der Waals surface area contributed by atoms with Crippen LogP contribution in [0.2, 0.25) is 0 Å². The Kier molecular flexibility index (Phi) is 9.33. The number of nitrogens with zero attached hydrogens (tertiary/aromatic N) is 5. The van der Waals surface area contributed by atoms with Gasteiger partial charge in [-0.05, 0) is 42.0 Å². The molecule has 0 bridgehead atoms. The highest BCUT2D eigenvalue weighted by Crippen LogP contribution is 2.49. The SMILES string of the molecule is COc1ccc(-n2nc(C(C)(C)C)c3c2N(CC(=O)N2CCN(C(C)=O)CC2)C(=O)CS[C@@H]3c2ccc(OC)c(OC)c2)cc1. The summed E-state index contributed by atoms with van der Waals surface area (Å²) in [6, 6.07) is 13.3. The lowest BCUT2D eigenvalue weighted by Gasteiger charge is -2.35. The van der Waals surface area contributed by atoms with Gasteiger partial charge in [0.25, 0.3) is 0 Å². The predicted octanol–water partition coefficient (Wildman–Crippen LogP) is 4.06. The van der Waals surface area contributed by atoms with Gasteiger partial charge in [0.1, 0.15) is 18.1 Å². The number of aromatic nitrogens is 2. The molecule has 0 saturated carbocycles. The van der Waals surface area contributed by atoms with Crippen molar-refractivity contribution in [3.63, 3.8) is 0 Å². The van der Waals surface area contributed by atoms with Crippen LogP contribution in [0.1, 0.15) is 49.8 Å². The first-order valence-electron chi connectivity index (χ1n) is 14.9. The molecule has 12 heteroatoms. The number of thioether (sulfide) groups is 1. The number of hydrogen-bond donors (Lipinski definition) is 0. The van der Waals surface area contributed by atoms with E-state index in [-0.39, 0.29) is 35.3 Å². The lowest BCUT2D eigenvalue weighted by molar-refractivity contribution is -0.137. The van der Waals surface area contributed by atoms with Crippen molar-refractivity contribution in [3.8, 4) is 22.9 Å². The van der Waals surface area contributed by atoms with Crippen molar-refractivity contribution in [2.45, 2.75) is 38.4 Å². The normalized spacial score (nSPS) is 17.1. The minimum Gasteiger partial charge on any atom is -0.497 e. The number of carbonyl (C=O) groups excluding carboxylic acids is 3. The molecular weight excluding hydrogens is 594 g/mol. The fraction of sp³-hybridized carbons (Fsp3) is 0.455. The number of fused-ring (bicyclic) bond motifs is 1. The summed E-state index contributed by atoms with van der Waals surface area (Å²) in [5, 5.41) is 4.87. The molecule has 1 aromatic heterocycles. The Balaban J connectivity index is 1.67. The average Bonchev–Trinajstić information content (AvgIpc) is 3.38. The molecule has 5 rings (SSSR count). The number of amides is 3. The van der Waals surface area contributed by atoms with Crippen molar-refractivity contribution in [3.05, 3.63) is 59.3 Å². The van der Waals surface area contributed by atoms with Crippen molar-refractivity contribution in [2.75, 3.05) is 64.7 Å². The smallest absolute Gasteiger partial charge is 0.242 e. The Bertz CT molecular complexity index is 1570. The Hall–Kier alpha value is -4.19. The van der Waals surface area contributed by atoms with E-state index in [1.807, 2.05) is 42.5 Å². The van der Waals surface area contributed by atoms with Crippen molar-refractivity contribution in [2.24, 2.45) is 0 Å². The van der Waals surface area contributed by atoms with Crippen LogP contribution in [0.15, 0.2) is 42.5 Å². The highest BCUT2D eigenvalue weighted by atomic mass is 32.2. The number of piperazine rings is 1. The highest BCUT2D eigenvalue weighted by Gasteiger charge is 2.40. The largest absolute Gasteiger partial charge is 0.497 e. The molecule has 2 aliphatic heterocycles. The van der Waals surface area contributed by atoms with Gasteiger partial charge in [-0.25, -0.2) is 4.68 Å². The number of anilines is 1. The van der Waals surface area contributed by atoms with E-state index >= 15 is 0 Å². The summed E-state index contributed by atoms with van der Waals surface area (Å²) in [4.78, 5) is 44.8. The topological polar surface area (TPSA) is 106 Å². The average molecular weight is 636 g/mol. The predicted molar refractivity (Wildman–Crippen MR) is 174 cm³/mol. The van der Waals surface area contributed by atoms with E-state index < -0.39 is 5.41 Å². The lowest BCUT2D eigenvalue weighted by atomic mass is 9.87. The molecule has 45 heavy (non-hydrogen) atoms. The molecule has 3 amide bonds.